The van der Waals surface area contributed by atoms with Gasteiger partial charge in [-0.05, 0) is 0 Å². The molecule has 0 aliphatic heterocycles. The number of carbonyl (C=O) groups is 1. The predicted molar refractivity (Wildman–Crippen MR) is 23.8 cm³/mol. The molecule has 0 aromatic carbocycles. The Morgan fingerprint density at radius 1 is 1.50 bits per heavy atom. The smallest absolute Gasteiger partial charge is 0.131 e. The molecule has 8 heavy (non-hydrogen) atoms. The molecule has 1 amide bonds. The first kappa shape index (κ1) is 10.2. The van der Waals surface area contributed by atoms with Gasteiger partial charge in [-0.3, -0.25) is 0 Å². The molecule has 0 rings (SSSR count). The minimum absolute atomic E-state index is 0.125. The molecule has 4 N–H and O–H groups in total. The average molecular weight is 122 g/mol. The van der Waals surface area contributed by atoms with Gasteiger partial charge in [0.25, 0.3) is 0 Å². The second-order valence-corrected chi connectivity index (χ2v) is 0.766. The number of amides is 1. The van der Waals surface area contributed by atoms with E-state index in [-0.39, 0.29) is 13.2 Å². The van der Waals surface area contributed by atoms with Gasteiger partial charge in [-0.15, -0.1) is 0 Å². The van der Waals surface area contributed by atoms with Crippen LogP contribution in [0.5, 0.6) is 0 Å². The van der Waals surface area contributed by atoms with Crippen LogP contribution in [0.2, 0.25) is 0 Å². The quantitative estimate of drug-likeness (QED) is 0.350. The van der Waals surface area contributed by atoms with Gasteiger partial charge in [0.1, 0.15) is 6.09 Å². The summed E-state index contributed by atoms with van der Waals surface area (Å²) in [6, 6.07) is 0. The molecule has 0 saturated heterocycles. The van der Waals surface area contributed by atoms with Crippen molar-refractivity contribution >= 4 is 6.09 Å². The summed E-state index contributed by atoms with van der Waals surface area (Å²) in [7, 11) is 0. The van der Waals surface area contributed by atoms with E-state index in [9.17, 15) is 0 Å². The fraction of sp³-hybridized carbons (Fsp3) is 0.667. The molecule has 0 spiro atoms. The molecule has 5 heteroatoms. The van der Waals surface area contributed by atoms with Crippen LogP contribution in [0.1, 0.15) is 0 Å². The first-order chi connectivity index (χ1) is 3.65. The van der Waals surface area contributed by atoms with Gasteiger partial charge in [0.05, 0.1) is 13.2 Å². The van der Waals surface area contributed by atoms with E-state index < -0.39 is 6.09 Å². The van der Waals surface area contributed by atoms with E-state index in [1.807, 2.05) is 0 Å². The Bertz CT molecular complexity index is 49.2. The predicted octanol–water partition coefficient (Wildman–Crippen LogP) is -2.74. The van der Waals surface area contributed by atoms with Crippen molar-refractivity contribution in [2.45, 2.75) is 0 Å². The van der Waals surface area contributed by atoms with Crippen LogP contribution in [0.3, 0.4) is 0 Å². The summed E-state index contributed by atoms with van der Waals surface area (Å²) in [5, 5.41) is 23.9. The Hall–Kier alpha value is -0.810. The first-order valence-corrected chi connectivity index (χ1v) is 1.83. The Morgan fingerprint density at radius 3 is 1.62 bits per heavy atom. The van der Waals surface area contributed by atoms with Gasteiger partial charge < -0.3 is 25.8 Å². The summed E-state index contributed by atoms with van der Waals surface area (Å²) in [6.45, 7) is -0.250. The number of carboxylic acid groups (broad SMARTS) is 1. The van der Waals surface area contributed by atoms with Crippen molar-refractivity contribution in [2.24, 2.45) is 5.73 Å². The molecule has 0 aliphatic carbocycles. The van der Waals surface area contributed by atoms with E-state index >= 15 is 0 Å². The highest BCUT2D eigenvalue weighted by atomic mass is 16.4. The lowest BCUT2D eigenvalue weighted by Gasteiger charge is -1.78. The molecule has 0 bridgehead atoms. The van der Waals surface area contributed by atoms with Crippen molar-refractivity contribution in [3.8, 4) is 0 Å². The van der Waals surface area contributed by atoms with Crippen LogP contribution in [-0.4, -0.2) is 29.5 Å². The van der Waals surface area contributed by atoms with Crippen molar-refractivity contribution in [3.63, 3.8) is 0 Å². The molecule has 0 saturated carbocycles. The maximum atomic E-state index is 8.67. The van der Waals surface area contributed by atoms with Crippen LogP contribution in [0.25, 0.3) is 0 Å². The number of carbonyl (C=O) groups excluding carboxylic acids is 1. The second-order valence-electron chi connectivity index (χ2n) is 0.766. The topological polar surface area (TPSA) is 107 Å². The fourth-order valence-corrected chi connectivity index (χ4v) is 0. The molecular formula is C3H8NO4-. The van der Waals surface area contributed by atoms with E-state index in [1.54, 1.807) is 0 Å². The Kier molecular flexibility index (Phi) is 12.1. The van der Waals surface area contributed by atoms with Gasteiger partial charge in [0.2, 0.25) is 0 Å². The van der Waals surface area contributed by atoms with E-state index in [0.29, 0.717) is 0 Å². The molecule has 0 unspecified atom stereocenters. The Morgan fingerprint density at radius 2 is 1.62 bits per heavy atom. The molecular weight excluding hydrogens is 114 g/mol. The van der Waals surface area contributed by atoms with Gasteiger partial charge >= 0.3 is 0 Å². The van der Waals surface area contributed by atoms with Crippen molar-refractivity contribution in [1.29, 1.82) is 0 Å². The summed E-state index contributed by atoms with van der Waals surface area (Å²) in [5.41, 5.74) is 3.92. The zero-order chi connectivity index (χ0) is 6.99. The van der Waals surface area contributed by atoms with Crippen molar-refractivity contribution in [3.05, 3.63) is 0 Å². The number of aliphatic hydroxyl groups is 2. The highest BCUT2D eigenvalue weighted by Crippen LogP contribution is 1.39. The molecule has 0 aliphatic rings. The number of nitrogens with two attached hydrogens (primary N) is 1. The summed E-state index contributed by atoms with van der Waals surface area (Å²) in [6.07, 6.45) is -1.58. The van der Waals surface area contributed by atoms with Crippen LogP contribution >= 0.6 is 0 Å². The van der Waals surface area contributed by atoms with Gasteiger partial charge in [0, 0.05) is 0 Å². The van der Waals surface area contributed by atoms with Crippen molar-refractivity contribution in [1.82, 2.24) is 0 Å². The molecule has 50 valence electrons. The lowest BCUT2D eigenvalue weighted by molar-refractivity contribution is -0.245. The maximum Gasteiger partial charge on any atom is 0.131 e. The zero-order valence-corrected chi connectivity index (χ0v) is 4.20. The van der Waals surface area contributed by atoms with Crippen LogP contribution in [0, 0.1) is 0 Å². The van der Waals surface area contributed by atoms with Crippen LogP contribution in [0.4, 0.5) is 4.79 Å². The van der Waals surface area contributed by atoms with E-state index in [2.05, 4.69) is 5.73 Å². The monoisotopic (exact) mass is 122 g/mol. The van der Waals surface area contributed by atoms with Crippen LogP contribution in [-0.2, 0) is 0 Å². The van der Waals surface area contributed by atoms with Gasteiger partial charge in [0.15, 0.2) is 0 Å². The van der Waals surface area contributed by atoms with Crippen molar-refractivity contribution in [2.75, 3.05) is 13.2 Å². The number of rotatable bonds is 1. The molecule has 0 aromatic heterocycles. The highest BCUT2D eigenvalue weighted by Gasteiger charge is 1.58. The number of primary amides is 1. The number of hydrogen-bond acceptors (Lipinski definition) is 4. The second kappa shape index (κ2) is 9.50. The first-order valence-electron chi connectivity index (χ1n) is 1.83. The minimum atomic E-state index is -1.58. The Balaban J connectivity index is 0. The van der Waals surface area contributed by atoms with Gasteiger partial charge in [-0.25, -0.2) is 0 Å². The SMILES string of the molecule is NC(=O)[O-].OCCO. The van der Waals surface area contributed by atoms with Crippen LogP contribution in [0.15, 0.2) is 0 Å². The van der Waals surface area contributed by atoms with Crippen LogP contribution < -0.4 is 10.8 Å². The Labute approximate surface area is 46.4 Å². The summed E-state index contributed by atoms with van der Waals surface area (Å²) >= 11 is 0. The molecule has 0 heterocycles. The maximum absolute atomic E-state index is 8.67. The zero-order valence-electron chi connectivity index (χ0n) is 4.20. The lowest BCUT2D eigenvalue weighted by atomic mass is 10.8. The summed E-state index contributed by atoms with van der Waals surface area (Å²) in [4.78, 5) is 8.67. The molecule has 0 atom stereocenters. The molecule has 0 radical (unpaired) electrons. The third-order valence-electron chi connectivity index (χ3n) is 0.1000. The van der Waals surface area contributed by atoms with E-state index in [1.165, 1.54) is 0 Å². The summed E-state index contributed by atoms with van der Waals surface area (Å²) in [5.74, 6) is 0. The molecule has 5 nitrogen and oxygen atoms in total. The average Bonchev–Trinajstić information content (AvgIpc) is 1.65. The third kappa shape index (κ3) is 2520. The molecule has 0 fully saturated rings. The molecule has 0 aromatic rings. The number of hydrogen-bond donors (Lipinski definition) is 3. The summed E-state index contributed by atoms with van der Waals surface area (Å²) < 4.78 is 0. The van der Waals surface area contributed by atoms with Gasteiger partial charge in [-0.1, -0.05) is 0 Å². The van der Waals surface area contributed by atoms with E-state index in [4.69, 9.17) is 20.1 Å². The number of aliphatic hydroxyl groups excluding tert-OH is 2. The van der Waals surface area contributed by atoms with E-state index in [0.717, 1.165) is 0 Å². The largest absolute Gasteiger partial charge is 0.530 e. The fourth-order valence-electron chi connectivity index (χ4n) is 0. The standard InChI is InChI=1S/C2H6O2.CH3NO2/c3-1-2-4;2-1(3)4/h3-4H,1-2H2;2H2,(H,3,4)/p-1. The van der Waals surface area contributed by atoms with Crippen molar-refractivity contribution < 1.29 is 20.1 Å². The highest BCUT2D eigenvalue weighted by molar-refractivity contribution is 5.58. The minimum Gasteiger partial charge on any atom is -0.530 e. The van der Waals surface area contributed by atoms with Gasteiger partial charge in [-0.2, -0.15) is 0 Å². The normalized spacial score (nSPS) is 6.75. The third-order valence-corrected chi connectivity index (χ3v) is 0.1000. The lowest BCUT2D eigenvalue weighted by Crippen LogP contribution is -2.29.